The number of rotatable bonds is 4. The molecule has 0 amide bonds. The summed E-state index contributed by atoms with van der Waals surface area (Å²) in [4.78, 5) is 7.55. The average molecular weight is 291 g/mol. The van der Waals surface area contributed by atoms with Crippen molar-refractivity contribution >= 4 is 0 Å². The molecule has 2 aromatic rings. The molecule has 1 fully saturated rings. The van der Waals surface area contributed by atoms with Gasteiger partial charge in [0.15, 0.2) is 0 Å². The maximum Gasteiger partial charge on any atom is 0.136 e. The van der Waals surface area contributed by atoms with Crippen molar-refractivity contribution in [2.24, 2.45) is 0 Å². The molecular formula is C15H18FN3O2. The lowest BCUT2D eigenvalue weighted by molar-refractivity contribution is 0.117. The second-order valence-corrected chi connectivity index (χ2v) is 5.05. The number of aromatic nitrogens is 2. The van der Waals surface area contributed by atoms with E-state index in [0.717, 1.165) is 18.8 Å². The van der Waals surface area contributed by atoms with Crippen molar-refractivity contribution in [3.63, 3.8) is 0 Å². The van der Waals surface area contributed by atoms with Gasteiger partial charge in [0, 0.05) is 13.7 Å². The van der Waals surface area contributed by atoms with Gasteiger partial charge in [-0.2, -0.15) is 0 Å². The first-order valence-electron chi connectivity index (χ1n) is 6.87. The zero-order valence-electron chi connectivity index (χ0n) is 12.0. The molecule has 3 rings (SSSR count). The van der Waals surface area contributed by atoms with Gasteiger partial charge in [-0.15, -0.1) is 0 Å². The van der Waals surface area contributed by atoms with Gasteiger partial charge in [-0.3, -0.25) is 0 Å². The molecule has 6 heteroatoms. The summed E-state index contributed by atoms with van der Waals surface area (Å²) >= 11 is 0. The fourth-order valence-electron chi connectivity index (χ4n) is 2.67. The molecule has 0 bridgehead atoms. The minimum absolute atomic E-state index is 0.0986. The number of nitrogens with one attached hydrogen (secondary N) is 2. The molecule has 1 aliphatic heterocycles. The van der Waals surface area contributed by atoms with Crippen LogP contribution in [0.3, 0.4) is 0 Å². The molecule has 2 N–H and O–H groups in total. The van der Waals surface area contributed by atoms with Crippen LogP contribution in [0, 0.1) is 5.82 Å². The van der Waals surface area contributed by atoms with Crippen LogP contribution in [0.2, 0.25) is 0 Å². The smallest absolute Gasteiger partial charge is 0.136 e. The van der Waals surface area contributed by atoms with E-state index in [4.69, 9.17) is 9.47 Å². The van der Waals surface area contributed by atoms with Crippen LogP contribution in [0.4, 0.5) is 4.39 Å². The molecule has 0 spiro atoms. The number of imidazole rings is 1. The molecule has 0 saturated carbocycles. The Morgan fingerprint density at radius 2 is 2.19 bits per heavy atom. The number of aromatic amines is 1. The number of hydrogen-bond donors (Lipinski definition) is 2. The number of benzene rings is 1. The normalized spacial score (nSPS) is 21.7. The van der Waals surface area contributed by atoms with Gasteiger partial charge in [0.2, 0.25) is 0 Å². The molecule has 21 heavy (non-hydrogen) atoms. The van der Waals surface area contributed by atoms with Crippen LogP contribution in [0.15, 0.2) is 24.4 Å². The standard InChI is InChI=1S/C15H18FN3O2/c1-20-9-6-11(17-7-9)15-18-8-12(19-15)14-10(16)4-3-5-13(14)21-2/h3-5,8-9,11,17H,6-7H2,1-2H3,(H,18,19). The fraction of sp³-hybridized carbons (Fsp3) is 0.400. The van der Waals surface area contributed by atoms with Gasteiger partial charge in [0.25, 0.3) is 0 Å². The Bertz CT molecular complexity index is 629. The summed E-state index contributed by atoms with van der Waals surface area (Å²) in [6.07, 6.45) is 2.67. The van der Waals surface area contributed by atoms with Crippen molar-refractivity contribution in [1.82, 2.24) is 15.3 Å². The van der Waals surface area contributed by atoms with Gasteiger partial charge in [0.1, 0.15) is 17.4 Å². The number of methoxy groups -OCH3 is 2. The highest BCUT2D eigenvalue weighted by Gasteiger charge is 2.27. The van der Waals surface area contributed by atoms with Crippen molar-refractivity contribution in [2.75, 3.05) is 20.8 Å². The summed E-state index contributed by atoms with van der Waals surface area (Å²) in [5, 5.41) is 3.34. The van der Waals surface area contributed by atoms with Crippen LogP contribution in [-0.2, 0) is 4.74 Å². The quantitative estimate of drug-likeness (QED) is 0.907. The molecule has 0 aliphatic carbocycles. The Labute approximate surface area is 122 Å². The van der Waals surface area contributed by atoms with Gasteiger partial charge >= 0.3 is 0 Å². The fourth-order valence-corrected chi connectivity index (χ4v) is 2.67. The van der Waals surface area contributed by atoms with Crippen LogP contribution in [0.1, 0.15) is 18.3 Å². The average Bonchev–Trinajstić information content (AvgIpc) is 3.15. The van der Waals surface area contributed by atoms with E-state index in [2.05, 4.69) is 15.3 Å². The Morgan fingerprint density at radius 1 is 1.33 bits per heavy atom. The summed E-state index contributed by atoms with van der Waals surface area (Å²) in [5.41, 5.74) is 1.02. The van der Waals surface area contributed by atoms with Crippen molar-refractivity contribution in [3.8, 4) is 17.0 Å². The predicted molar refractivity (Wildman–Crippen MR) is 76.7 cm³/mol. The summed E-state index contributed by atoms with van der Waals surface area (Å²) in [7, 11) is 3.23. The molecule has 2 atom stereocenters. The molecule has 1 aromatic carbocycles. The zero-order valence-corrected chi connectivity index (χ0v) is 12.0. The first kappa shape index (κ1) is 14.0. The van der Waals surface area contributed by atoms with Crippen molar-refractivity contribution in [3.05, 3.63) is 36.0 Å². The number of nitrogens with zero attached hydrogens (tertiary/aromatic N) is 1. The van der Waals surface area contributed by atoms with Gasteiger partial charge in [-0.05, 0) is 18.6 Å². The maximum atomic E-state index is 14.1. The minimum Gasteiger partial charge on any atom is -0.496 e. The van der Waals surface area contributed by atoms with Crippen LogP contribution in [0.25, 0.3) is 11.3 Å². The van der Waals surface area contributed by atoms with Gasteiger partial charge in [-0.1, -0.05) is 6.07 Å². The molecule has 2 unspecified atom stereocenters. The van der Waals surface area contributed by atoms with E-state index in [0.29, 0.717) is 17.0 Å². The van der Waals surface area contributed by atoms with E-state index in [-0.39, 0.29) is 18.0 Å². The van der Waals surface area contributed by atoms with Gasteiger partial charge in [-0.25, -0.2) is 9.37 Å². The zero-order chi connectivity index (χ0) is 14.8. The number of hydrogen-bond acceptors (Lipinski definition) is 4. The lowest BCUT2D eigenvalue weighted by Crippen LogP contribution is -2.16. The third-order valence-electron chi connectivity index (χ3n) is 3.81. The lowest BCUT2D eigenvalue weighted by atomic mass is 10.1. The molecule has 2 heterocycles. The third-order valence-corrected chi connectivity index (χ3v) is 3.81. The summed E-state index contributed by atoms with van der Waals surface area (Å²) in [6, 6.07) is 4.86. The monoisotopic (exact) mass is 291 g/mol. The van der Waals surface area contributed by atoms with E-state index < -0.39 is 0 Å². The summed E-state index contributed by atoms with van der Waals surface area (Å²) < 4.78 is 24.6. The Hall–Kier alpha value is -1.92. The molecular weight excluding hydrogens is 273 g/mol. The summed E-state index contributed by atoms with van der Waals surface area (Å²) in [5.74, 6) is 0.938. The van der Waals surface area contributed by atoms with Crippen LogP contribution >= 0.6 is 0 Å². The number of ether oxygens (including phenoxy) is 2. The first-order valence-corrected chi connectivity index (χ1v) is 6.87. The summed E-state index contributed by atoms with van der Waals surface area (Å²) in [6.45, 7) is 0.792. The highest BCUT2D eigenvalue weighted by molar-refractivity contribution is 5.67. The lowest BCUT2D eigenvalue weighted by Gasteiger charge is -2.09. The third kappa shape index (κ3) is 2.64. The van der Waals surface area contributed by atoms with Gasteiger partial charge < -0.3 is 19.8 Å². The van der Waals surface area contributed by atoms with E-state index in [1.54, 1.807) is 25.4 Å². The number of halogens is 1. The van der Waals surface area contributed by atoms with Crippen molar-refractivity contribution < 1.29 is 13.9 Å². The van der Waals surface area contributed by atoms with Crippen molar-refractivity contribution in [2.45, 2.75) is 18.6 Å². The number of H-pyrrole nitrogens is 1. The largest absolute Gasteiger partial charge is 0.496 e. The Balaban J connectivity index is 1.89. The molecule has 1 aliphatic rings. The topological polar surface area (TPSA) is 59.2 Å². The second kappa shape index (κ2) is 5.83. The molecule has 1 aromatic heterocycles. The van der Waals surface area contributed by atoms with E-state index in [1.165, 1.54) is 13.2 Å². The van der Waals surface area contributed by atoms with Crippen molar-refractivity contribution in [1.29, 1.82) is 0 Å². The van der Waals surface area contributed by atoms with E-state index in [1.807, 2.05) is 0 Å². The first-order chi connectivity index (χ1) is 10.2. The maximum absolute atomic E-state index is 14.1. The van der Waals surface area contributed by atoms with Crippen LogP contribution < -0.4 is 10.1 Å². The molecule has 5 nitrogen and oxygen atoms in total. The van der Waals surface area contributed by atoms with Crippen LogP contribution in [-0.4, -0.2) is 36.8 Å². The Kier molecular flexibility index (Phi) is 3.90. The Morgan fingerprint density at radius 3 is 2.90 bits per heavy atom. The minimum atomic E-state index is -0.335. The van der Waals surface area contributed by atoms with E-state index in [9.17, 15) is 4.39 Å². The van der Waals surface area contributed by atoms with Crippen LogP contribution in [0.5, 0.6) is 5.75 Å². The SMILES string of the molecule is COc1cccc(F)c1-c1cnc(C2CC(OC)CN2)[nH]1. The molecule has 1 saturated heterocycles. The highest BCUT2D eigenvalue weighted by atomic mass is 19.1. The second-order valence-electron chi connectivity index (χ2n) is 5.05. The molecule has 0 radical (unpaired) electrons. The van der Waals surface area contributed by atoms with E-state index >= 15 is 0 Å². The molecule has 112 valence electrons. The predicted octanol–water partition coefficient (Wildman–Crippen LogP) is 2.27. The highest BCUT2D eigenvalue weighted by Crippen LogP contribution is 2.32. The van der Waals surface area contributed by atoms with Gasteiger partial charge in [0.05, 0.1) is 36.7 Å².